The quantitative estimate of drug-likeness (QED) is 0.725. The SMILES string of the molecule is Cc1ccc(S(=O)(=O)N[C@@H](CN(C)C)c2ccccc2)c2cccnc12. The molecule has 3 rings (SSSR count). The summed E-state index contributed by atoms with van der Waals surface area (Å²) in [7, 11) is 0.139. The van der Waals surface area contributed by atoms with E-state index in [1.165, 1.54) is 0 Å². The van der Waals surface area contributed by atoms with Gasteiger partial charge in [0.05, 0.1) is 16.5 Å². The van der Waals surface area contributed by atoms with E-state index >= 15 is 0 Å². The molecule has 3 aromatic rings. The van der Waals surface area contributed by atoms with E-state index in [1.807, 2.05) is 56.3 Å². The van der Waals surface area contributed by atoms with Crippen LogP contribution in [0.25, 0.3) is 10.9 Å². The summed E-state index contributed by atoms with van der Waals surface area (Å²) in [5.74, 6) is 0. The molecule has 0 aliphatic heterocycles. The molecule has 6 heteroatoms. The van der Waals surface area contributed by atoms with Crippen molar-refractivity contribution >= 4 is 20.9 Å². The van der Waals surface area contributed by atoms with Crippen molar-refractivity contribution in [3.05, 3.63) is 71.9 Å². The third-order valence-electron chi connectivity index (χ3n) is 4.27. The second-order valence-corrected chi connectivity index (χ2v) is 8.31. The van der Waals surface area contributed by atoms with Gasteiger partial charge in [-0.3, -0.25) is 4.98 Å². The van der Waals surface area contributed by atoms with Gasteiger partial charge in [0.1, 0.15) is 0 Å². The van der Waals surface area contributed by atoms with Gasteiger partial charge in [-0.25, -0.2) is 13.1 Å². The highest BCUT2D eigenvalue weighted by Crippen LogP contribution is 2.26. The molecule has 1 N–H and O–H groups in total. The number of sulfonamides is 1. The minimum atomic E-state index is -3.71. The number of likely N-dealkylation sites (N-methyl/N-ethyl adjacent to an activating group) is 1. The number of hydrogen-bond donors (Lipinski definition) is 1. The standard InChI is InChI=1S/C20H23N3O2S/c1-15-11-12-19(17-10-7-13-21-20(15)17)26(24,25)22-18(14-23(2)3)16-8-5-4-6-9-16/h4-13,18,22H,14H2,1-3H3/t18-/m0/s1. The van der Waals surface area contributed by atoms with Gasteiger partial charge in [0.25, 0.3) is 0 Å². The van der Waals surface area contributed by atoms with Crippen molar-refractivity contribution in [1.29, 1.82) is 0 Å². The number of nitrogens with zero attached hydrogens (tertiary/aromatic N) is 2. The molecule has 0 saturated heterocycles. The van der Waals surface area contributed by atoms with Crippen LogP contribution in [0.5, 0.6) is 0 Å². The average molecular weight is 369 g/mol. The van der Waals surface area contributed by atoms with Crippen LogP contribution in [0.4, 0.5) is 0 Å². The van der Waals surface area contributed by atoms with Crippen LogP contribution in [-0.4, -0.2) is 38.9 Å². The molecule has 0 aliphatic carbocycles. The van der Waals surface area contributed by atoms with E-state index in [-0.39, 0.29) is 10.9 Å². The summed E-state index contributed by atoms with van der Waals surface area (Å²) >= 11 is 0. The maximum Gasteiger partial charge on any atom is 0.241 e. The zero-order chi connectivity index (χ0) is 18.7. The van der Waals surface area contributed by atoms with Crippen LogP contribution >= 0.6 is 0 Å². The Kier molecular flexibility index (Phi) is 5.36. The first-order chi connectivity index (χ1) is 12.4. The zero-order valence-corrected chi connectivity index (χ0v) is 16.0. The van der Waals surface area contributed by atoms with Crippen molar-refractivity contribution in [2.75, 3.05) is 20.6 Å². The van der Waals surface area contributed by atoms with E-state index in [0.717, 1.165) is 11.1 Å². The highest BCUT2D eigenvalue weighted by molar-refractivity contribution is 7.89. The molecule has 0 spiro atoms. The second kappa shape index (κ2) is 7.53. The summed E-state index contributed by atoms with van der Waals surface area (Å²) < 4.78 is 29.2. The lowest BCUT2D eigenvalue weighted by Crippen LogP contribution is -2.35. The van der Waals surface area contributed by atoms with Crippen LogP contribution in [0.1, 0.15) is 17.2 Å². The van der Waals surface area contributed by atoms with Crippen LogP contribution in [0.3, 0.4) is 0 Å². The first-order valence-corrected chi connectivity index (χ1v) is 9.93. The number of hydrogen-bond acceptors (Lipinski definition) is 4. The van der Waals surface area contributed by atoms with E-state index in [1.54, 1.807) is 30.5 Å². The Hall–Kier alpha value is -2.28. The third-order valence-corrected chi connectivity index (χ3v) is 5.80. The first kappa shape index (κ1) is 18.5. The molecule has 0 aliphatic rings. The van der Waals surface area contributed by atoms with Gasteiger partial charge < -0.3 is 4.90 Å². The van der Waals surface area contributed by atoms with Crippen molar-refractivity contribution in [2.24, 2.45) is 0 Å². The molecule has 1 aromatic heterocycles. The van der Waals surface area contributed by atoms with Gasteiger partial charge in [-0.2, -0.15) is 0 Å². The monoisotopic (exact) mass is 369 g/mol. The lowest BCUT2D eigenvalue weighted by molar-refractivity contribution is 0.363. The predicted molar refractivity (Wildman–Crippen MR) is 105 cm³/mol. The number of pyridine rings is 1. The van der Waals surface area contributed by atoms with E-state index in [4.69, 9.17) is 0 Å². The largest absolute Gasteiger partial charge is 0.307 e. The fourth-order valence-corrected chi connectivity index (χ4v) is 4.45. The number of aromatic nitrogens is 1. The summed E-state index contributed by atoms with van der Waals surface area (Å²) in [5.41, 5.74) is 2.59. The fraction of sp³-hybridized carbons (Fsp3) is 0.250. The number of fused-ring (bicyclic) bond motifs is 1. The second-order valence-electron chi connectivity index (χ2n) is 6.63. The van der Waals surface area contributed by atoms with Crippen LogP contribution < -0.4 is 4.72 Å². The molecule has 136 valence electrons. The molecule has 0 fully saturated rings. The van der Waals surface area contributed by atoms with Crippen molar-refractivity contribution < 1.29 is 8.42 Å². The number of rotatable bonds is 6. The van der Waals surface area contributed by atoms with Crippen molar-refractivity contribution in [2.45, 2.75) is 17.9 Å². The molecule has 2 aromatic carbocycles. The van der Waals surface area contributed by atoms with Crippen molar-refractivity contribution in [3.8, 4) is 0 Å². The highest BCUT2D eigenvalue weighted by Gasteiger charge is 2.24. The number of benzene rings is 2. The summed E-state index contributed by atoms with van der Waals surface area (Å²) in [6, 6.07) is 16.3. The Labute approximate surface area is 154 Å². The summed E-state index contributed by atoms with van der Waals surface area (Å²) in [6.07, 6.45) is 1.68. The van der Waals surface area contributed by atoms with E-state index in [2.05, 4.69) is 9.71 Å². The van der Waals surface area contributed by atoms with Crippen molar-refractivity contribution in [1.82, 2.24) is 14.6 Å². The predicted octanol–water partition coefficient (Wildman–Crippen LogP) is 3.12. The van der Waals surface area contributed by atoms with Gasteiger partial charge in [0, 0.05) is 18.1 Å². The Balaban J connectivity index is 2.03. The van der Waals surface area contributed by atoms with Crippen LogP contribution in [0.15, 0.2) is 65.7 Å². The van der Waals surface area contributed by atoms with Crippen LogP contribution in [0.2, 0.25) is 0 Å². The van der Waals surface area contributed by atoms with E-state index in [0.29, 0.717) is 17.4 Å². The minimum absolute atomic E-state index is 0.255. The van der Waals surface area contributed by atoms with Gasteiger partial charge in [-0.05, 0) is 50.3 Å². The molecular formula is C20H23N3O2S. The third kappa shape index (κ3) is 3.93. The summed E-state index contributed by atoms with van der Waals surface area (Å²) in [5, 5.41) is 0.636. The zero-order valence-electron chi connectivity index (χ0n) is 15.2. The Morgan fingerprint density at radius 1 is 1.04 bits per heavy atom. The van der Waals surface area contributed by atoms with Gasteiger partial charge >= 0.3 is 0 Å². The maximum absolute atomic E-state index is 13.2. The summed E-state index contributed by atoms with van der Waals surface area (Å²) in [4.78, 5) is 6.56. The molecule has 26 heavy (non-hydrogen) atoms. The normalized spacial score (nSPS) is 13.2. The average Bonchev–Trinajstić information content (AvgIpc) is 2.61. The number of aryl methyl sites for hydroxylation is 1. The molecule has 0 amide bonds. The van der Waals surface area contributed by atoms with Gasteiger partial charge in [0.15, 0.2) is 0 Å². The minimum Gasteiger partial charge on any atom is -0.307 e. The molecule has 0 unspecified atom stereocenters. The maximum atomic E-state index is 13.2. The van der Waals surface area contributed by atoms with Crippen LogP contribution in [-0.2, 0) is 10.0 Å². The highest BCUT2D eigenvalue weighted by atomic mass is 32.2. The Morgan fingerprint density at radius 3 is 2.46 bits per heavy atom. The molecule has 0 saturated carbocycles. The van der Waals surface area contributed by atoms with E-state index < -0.39 is 10.0 Å². The lowest BCUT2D eigenvalue weighted by atomic mass is 10.1. The first-order valence-electron chi connectivity index (χ1n) is 8.45. The Bertz CT molecular complexity index is 1000. The fourth-order valence-electron chi connectivity index (χ4n) is 3.03. The van der Waals surface area contributed by atoms with Gasteiger partial charge in [-0.1, -0.05) is 36.4 Å². The van der Waals surface area contributed by atoms with Crippen molar-refractivity contribution in [3.63, 3.8) is 0 Å². The molecule has 1 atom stereocenters. The van der Waals surface area contributed by atoms with Gasteiger partial charge in [0.2, 0.25) is 10.0 Å². The van der Waals surface area contributed by atoms with Gasteiger partial charge in [-0.15, -0.1) is 0 Å². The number of nitrogens with one attached hydrogen (secondary N) is 1. The Morgan fingerprint density at radius 2 is 1.77 bits per heavy atom. The topological polar surface area (TPSA) is 62.3 Å². The van der Waals surface area contributed by atoms with Crippen LogP contribution in [0, 0.1) is 6.92 Å². The molecule has 0 radical (unpaired) electrons. The van der Waals surface area contributed by atoms with E-state index in [9.17, 15) is 8.42 Å². The molecule has 0 bridgehead atoms. The smallest absolute Gasteiger partial charge is 0.241 e. The summed E-state index contributed by atoms with van der Waals surface area (Å²) in [6.45, 7) is 2.49. The molecule has 5 nitrogen and oxygen atoms in total. The lowest BCUT2D eigenvalue weighted by Gasteiger charge is -2.23. The molecular weight excluding hydrogens is 346 g/mol. The molecule has 1 heterocycles.